The first-order chi connectivity index (χ1) is 12.3. The molecule has 0 aliphatic rings. The number of carbonyl (C=O) groups excluding carboxylic acids is 1. The highest BCUT2D eigenvalue weighted by Crippen LogP contribution is 2.18. The highest BCUT2D eigenvalue weighted by molar-refractivity contribution is 8.14. The van der Waals surface area contributed by atoms with Crippen LogP contribution >= 0.6 is 23.5 Å². The van der Waals surface area contributed by atoms with Crippen molar-refractivity contribution in [1.29, 1.82) is 0 Å². The van der Waals surface area contributed by atoms with E-state index in [1.165, 1.54) is 42.8 Å². The minimum atomic E-state index is -3.92. The monoisotopic (exact) mass is 419 g/mol. The van der Waals surface area contributed by atoms with Crippen molar-refractivity contribution in [3.8, 4) is 5.75 Å². The van der Waals surface area contributed by atoms with Gasteiger partial charge in [0.25, 0.3) is 0 Å². The maximum absolute atomic E-state index is 12.1. The van der Waals surface area contributed by atoms with Gasteiger partial charge in [0, 0.05) is 12.7 Å². The Kier molecular flexibility index (Phi) is 10.8. The molecule has 0 N–H and O–H groups in total. The average molecular weight is 420 g/mol. The molecule has 9 heteroatoms. The summed E-state index contributed by atoms with van der Waals surface area (Å²) in [6.45, 7) is 3.30. The number of oxime groups is 1. The number of carbonyl (C=O) groups is 1. The van der Waals surface area contributed by atoms with Gasteiger partial charge in [0.2, 0.25) is 0 Å². The second-order valence-electron chi connectivity index (χ2n) is 5.42. The van der Waals surface area contributed by atoms with Crippen molar-refractivity contribution in [2.75, 3.05) is 18.6 Å². The topological polar surface area (TPSA) is 82.0 Å². The molecule has 0 saturated carbocycles. The number of thioether (sulfide) groups is 2. The van der Waals surface area contributed by atoms with E-state index in [1.807, 2.05) is 0 Å². The molecule has 0 aliphatic carbocycles. The van der Waals surface area contributed by atoms with Crippen LogP contribution in [0.15, 0.2) is 34.3 Å². The van der Waals surface area contributed by atoms with Crippen LogP contribution in [0.1, 0.15) is 39.5 Å². The lowest BCUT2D eigenvalue weighted by molar-refractivity contribution is -0.109. The van der Waals surface area contributed by atoms with Crippen LogP contribution in [0.25, 0.3) is 0 Å². The molecule has 0 heterocycles. The molecule has 0 spiro atoms. The molecule has 0 bridgehead atoms. The lowest BCUT2D eigenvalue weighted by Gasteiger charge is -2.04. The zero-order valence-electron chi connectivity index (χ0n) is 15.3. The first-order valence-electron chi connectivity index (χ1n) is 8.23. The Morgan fingerprint density at radius 1 is 1.00 bits per heavy atom. The number of nitrogens with zero attached hydrogens (tertiary/aromatic N) is 1. The van der Waals surface area contributed by atoms with E-state index in [4.69, 9.17) is 9.02 Å². The van der Waals surface area contributed by atoms with Crippen LogP contribution in [0, 0.1) is 0 Å². The molecule has 0 aliphatic heterocycles. The second kappa shape index (κ2) is 12.2. The van der Waals surface area contributed by atoms with Crippen LogP contribution in [0.4, 0.5) is 0 Å². The Morgan fingerprint density at radius 3 is 2.12 bits per heavy atom. The Balaban J connectivity index is 2.28. The van der Waals surface area contributed by atoms with Gasteiger partial charge in [-0.15, -0.1) is 11.8 Å². The van der Waals surface area contributed by atoms with Crippen LogP contribution in [0.2, 0.25) is 0 Å². The van der Waals surface area contributed by atoms with E-state index in [0.29, 0.717) is 10.8 Å². The Bertz CT molecular complexity index is 687. The van der Waals surface area contributed by atoms with Crippen molar-refractivity contribution in [3.63, 3.8) is 0 Å². The minimum absolute atomic E-state index is 0.0308. The molecule has 1 rings (SSSR count). The van der Waals surface area contributed by atoms with E-state index in [1.54, 1.807) is 26.0 Å². The van der Waals surface area contributed by atoms with Crippen LogP contribution < -0.4 is 4.74 Å². The number of ether oxygens (including phenoxy) is 1. The summed E-state index contributed by atoms with van der Waals surface area (Å²) in [6, 6.07) is 5.93. The van der Waals surface area contributed by atoms with Crippen molar-refractivity contribution in [3.05, 3.63) is 24.3 Å². The van der Waals surface area contributed by atoms with Crippen LogP contribution in [0.5, 0.6) is 5.75 Å². The van der Waals surface area contributed by atoms with Gasteiger partial charge in [-0.25, -0.2) is 0 Å². The number of unbranched alkanes of at least 4 members (excludes halogenated alkanes) is 3. The fourth-order valence-electron chi connectivity index (χ4n) is 1.91. The zero-order chi connectivity index (χ0) is 19.4. The molecule has 0 aromatic heterocycles. The molecule has 0 amide bonds. The number of hydrogen-bond acceptors (Lipinski definition) is 8. The van der Waals surface area contributed by atoms with Crippen LogP contribution in [-0.4, -0.2) is 37.2 Å². The van der Waals surface area contributed by atoms with E-state index in [9.17, 15) is 13.2 Å². The maximum Gasteiger partial charge on any atom is 0.358 e. The third-order valence-electron chi connectivity index (χ3n) is 3.27. The Hall–Kier alpha value is -1.19. The predicted octanol–water partition coefficient (Wildman–Crippen LogP) is 4.31. The quantitative estimate of drug-likeness (QED) is 0.229. The summed E-state index contributed by atoms with van der Waals surface area (Å²) < 4.78 is 33.9. The van der Waals surface area contributed by atoms with Crippen molar-refractivity contribution >= 4 is 43.8 Å². The van der Waals surface area contributed by atoms with Crippen molar-refractivity contribution in [2.45, 2.75) is 44.4 Å². The summed E-state index contributed by atoms with van der Waals surface area (Å²) >= 11 is 2.83. The van der Waals surface area contributed by atoms with Gasteiger partial charge in [-0.05, 0) is 49.8 Å². The fraction of sp³-hybridized carbons (Fsp3) is 0.529. The number of rotatable bonds is 11. The normalized spacial score (nSPS) is 12.0. The van der Waals surface area contributed by atoms with Crippen LogP contribution in [0.3, 0.4) is 0 Å². The summed E-state index contributed by atoms with van der Waals surface area (Å²) in [5, 5.41) is 4.43. The average Bonchev–Trinajstić information content (AvgIpc) is 2.62. The molecule has 6 nitrogen and oxygen atoms in total. The molecule has 146 valence electrons. The van der Waals surface area contributed by atoms with Gasteiger partial charge in [0.05, 0.1) is 7.11 Å². The summed E-state index contributed by atoms with van der Waals surface area (Å²) in [5.41, 5.74) is 0. The van der Waals surface area contributed by atoms with Gasteiger partial charge in [-0.3, -0.25) is 9.08 Å². The summed E-state index contributed by atoms with van der Waals surface area (Å²) in [4.78, 5) is 10.8. The van der Waals surface area contributed by atoms with E-state index >= 15 is 0 Å². The van der Waals surface area contributed by atoms with E-state index in [-0.39, 0.29) is 10.0 Å². The van der Waals surface area contributed by atoms with Crippen molar-refractivity contribution in [1.82, 2.24) is 0 Å². The van der Waals surface area contributed by atoms with Gasteiger partial charge < -0.3 is 4.74 Å². The van der Waals surface area contributed by atoms with Crippen LogP contribution in [-0.2, 0) is 19.2 Å². The third-order valence-corrected chi connectivity index (χ3v) is 6.27. The molecule has 0 radical (unpaired) electrons. The molecule has 1 aromatic rings. The molecule has 0 fully saturated rings. The molecular formula is C17H25NO5S3. The first-order valence-corrected chi connectivity index (χ1v) is 11.6. The van der Waals surface area contributed by atoms with Gasteiger partial charge in [-0.1, -0.05) is 29.8 Å². The summed E-state index contributed by atoms with van der Waals surface area (Å²) in [6.07, 6.45) is 4.20. The standard InChI is InChI=1S/C17H25NO5S3/c1-14(24-12-6-4-5-7-13-25-15(2)19)18-23-26(20,21)17-10-8-16(22-3)9-11-17/h8-11H,4-7,12-13H2,1-3H3. The fourth-order valence-corrected chi connectivity index (χ4v) is 4.09. The third kappa shape index (κ3) is 9.49. The highest BCUT2D eigenvalue weighted by atomic mass is 32.2. The lowest BCUT2D eigenvalue weighted by Crippen LogP contribution is -2.03. The van der Waals surface area contributed by atoms with E-state index in [2.05, 4.69) is 5.16 Å². The molecule has 0 atom stereocenters. The largest absolute Gasteiger partial charge is 0.497 e. The molecule has 0 unspecified atom stereocenters. The van der Waals surface area contributed by atoms with E-state index < -0.39 is 10.1 Å². The molecule has 0 saturated heterocycles. The Labute approximate surface area is 164 Å². The number of hydrogen-bond donors (Lipinski definition) is 0. The maximum atomic E-state index is 12.1. The SMILES string of the molecule is COc1ccc(S(=O)(=O)ON=C(C)SCCCCCCSC(C)=O)cc1. The van der Waals surface area contributed by atoms with Gasteiger partial charge in [0.1, 0.15) is 15.7 Å². The first kappa shape index (κ1) is 22.9. The summed E-state index contributed by atoms with van der Waals surface area (Å²) in [5.74, 6) is 2.29. The predicted molar refractivity (Wildman–Crippen MR) is 108 cm³/mol. The highest BCUT2D eigenvalue weighted by Gasteiger charge is 2.15. The smallest absolute Gasteiger partial charge is 0.358 e. The lowest BCUT2D eigenvalue weighted by atomic mass is 10.2. The zero-order valence-corrected chi connectivity index (χ0v) is 17.7. The van der Waals surface area contributed by atoms with E-state index in [0.717, 1.165) is 37.2 Å². The Morgan fingerprint density at radius 2 is 1.58 bits per heavy atom. The molecule has 26 heavy (non-hydrogen) atoms. The minimum Gasteiger partial charge on any atom is -0.497 e. The summed E-state index contributed by atoms with van der Waals surface area (Å²) in [7, 11) is -2.41. The number of benzene rings is 1. The number of methoxy groups -OCH3 is 1. The van der Waals surface area contributed by atoms with Gasteiger partial charge in [-0.2, -0.15) is 8.42 Å². The van der Waals surface area contributed by atoms with Gasteiger partial charge in [0.15, 0.2) is 5.12 Å². The molecule has 1 aromatic carbocycles. The van der Waals surface area contributed by atoms with Crippen molar-refractivity contribution < 1.29 is 22.2 Å². The second-order valence-corrected chi connectivity index (χ2v) is 9.51. The van der Waals surface area contributed by atoms with Crippen molar-refractivity contribution in [2.24, 2.45) is 5.16 Å². The van der Waals surface area contributed by atoms with Gasteiger partial charge >= 0.3 is 10.1 Å². The molecular weight excluding hydrogens is 394 g/mol.